The second-order valence-electron chi connectivity index (χ2n) is 2.59. The van der Waals surface area contributed by atoms with Crippen molar-refractivity contribution in [2.45, 2.75) is 12.5 Å². The molecule has 0 fully saturated rings. The van der Waals surface area contributed by atoms with Crippen molar-refractivity contribution >= 4 is 19.5 Å². The van der Waals surface area contributed by atoms with E-state index < -0.39 is 38.2 Å². The van der Waals surface area contributed by atoms with Crippen LogP contribution in [0, 0.1) is 0 Å². The van der Waals surface area contributed by atoms with Gasteiger partial charge in [0.1, 0.15) is 6.04 Å². The van der Waals surface area contributed by atoms with Crippen molar-refractivity contribution in [2.75, 3.05) is 6.29 Å². The third-order valence-electron chi connectivity index (χ3n) is 1.25. The van der Waals surface area contributed by atoms with Crippen LogP contribution in [0.15, 0.2) is 0 Å². The third kappa shape index (κ3) is 6.55. The minimum absolute atomic E-state index is 0.519. The predicted octanol–water partition coefficient (Wildman–Crippen LogP) is -1.96. The first-order valence-electron chi connectivity index (χ1n) is 3.51. The summed E-state index contributed by atoms with van der Waals surface area (Å²) in [6.45, 7) is 0. The Kier molecular flexibility index (Phi) is 4.72. The van der Waals surface area contributed by atoms with Gasteiger partial charge in [0.2, 0.25) is 5.91 Å². The van der Waals surface area contributed by atoms with Gasteiger partial charge in [0, 0.05) is 0 Å². The Bertz CT molecular complexity index is 273. The van der Waals surface area contributed by atoms with Crippen LogP contribution in [0.4, 0.5) is 0 Å². The van der Waals surface area contributed by atoms with Gasteiger partial charge in [-0.15, -0.1) is 0 Å². The number of carbonyl (C=O) groups is 2. The maximum absolute atomic E-state index is 10.4. The zero-order chi connectivity index (χ0) is 11.4. The lowest BCUT2D eigenvalue weighted by atomic mass is 10.2. The summed E-state index contributed by atoms with van der Waals surface area (Å²) in [7, 11) is -4.33. The minimum Gasteiger partial charge on any atom is -0.480 e. The number of carbonyl (C=O) groups excluding carboxylic acids is 1. The predicted molar refractivity (Wildman–Crippen MR) is 45.3 cm³/mol. The highest BCUT2D eigenvalue weighted by Crippen LogP contribution is 2.32. The highest BCUT2D eigenvalue weighted by molar-refractivity contribution is 7.51. The van der Waals surface area contributed by atoms with E-state index in [0.717, 1.165) is 0 Å². The smallest absolute Gasteiger partial charge is 0.339 e. The summed E-state index contributed by atoms with van der Waals surface area (Å²) >= 11 is 0. The number of nitrogens with two attached hydrogens (primary N) is 1. The van der Waals surface area contributed by atoms with Crippen LogP contribution in [-0.4, -0.2) is 39.1 Å². The molecule has 1 atom stereocenters. The van der Waals surface area contributed by atoms with E-state index in [1.165, 1.54) is 0 Å². The molecular weight excluding hydrogens is 215 g/mol. The molecule has 0 aromatic heterocycles. The summed E-state index contributed by atoms with van der Waals surface area (Å²) in [5.41, 5.74) is 4.73. The first-order chi connectivity index (χ1) is 6.22. The topological polar surface area (TPSA) is 150 Å². The summed E-state index contributed by atoms with van der Waals surface area (Å²) in [6, 6.07) is -1.37. The maximum Gasteiger partial charge on any atom is 0.339 e. The van der Waals surface area contributed by atoms with Crippen molar-refractivity contribution in [3.05, 3.63) is 0 Å². The average Bonchev–Trinajstić information content (AvgIpc) is 1.94. The highest BCUT2D eigenvalue weighted by atomic mass is 31.2. The number of aliphatic carboxylic acids is 1. The summed E-state index contributed by atoms with van der Waals surface area (Å²) in [4.78, 5) is 37.6. The van der Waals surface area contributed by atoms with Gasteiger partial charge < -0.3 is 20.6 Å². The number of hydrogen-bond donors (Lipinski definition) is 5. The molecule has 0 saturated carbocycles. The van der Waals surface area contributed by atoms with Gasteiger partial charge >= 0.3 is 13.6 Å². The van der Waals surface area contributed by atoms with Crippen LogP contribution in [0.5, 0.6) is 0 Å². The second-order valence-corrected chi connectivity index (χ2v) is 4.23. The molecule has 82 valence electrons. The van der Waals surface area contributed by atoms with Gasteiger partial charge in [-0.1, -0.05) is 0 Å². The van der Waals surface area contributed by atoms with Gasteiger partial charge in [0.05, 0.1) is 12.7 Å². The Balaban J connectivity index is 4.18. The van der Waals surface area contributed by atoms with Crippen LogP contribution in [-0.2, 0) is 14.2 Å². The molecule has 0 saturated heterocycles. The highest BCUT2D eigenvalue weighted by Gasteiger charge is 2.23. The summed E-state index contributed by atoms with van der Waals surface area (Å²) in [5.74, 6) is -2.26. The number of carboxylic acid groups (broad SMARTS) is 1. The Morgan fingerprint density at radius 2 is 1.93 bits per heavy atom. The molecule has 0 bridgehead atoms. The number of carboxylic acids is 1. The van der Waals surface area contributed by atoms with E-state index in [1.54, 1.807) is 0 Å². The SMILES string of the molecule is NC(=O)CC(NCP(=O)(O)O)C(=O)O. The maximum atomic E-state index is 10.4. The Labute approximate surface area is 79.3 Å². The molecule has 1 unspecified atom stereocenters. The van der Waals surface area contributed by atoms with E-state index in [9.17, 15) is 14.2 Å². The molecule has 0 aliphatic rings. The van der Waals surface area contributed by atoms with Crippen LogP contribution in [0.1, 0.15) is 6.42 Å². The quantitative estimate of drug-likeness (QED) is 0.330. The van der Waals surface area contributed by atoms with E-state index >= 15 is 0 Å². The molecular formula is C5H11N2O6P. The normalized spacial score (nSPS) is 13.6. The molecule has 8 nitrogen and oxygen atoms in total. The monoisotopic (exact) mass is 226 g/mol. The van der Waals surface area contributed by atoms with Crippen molar-refractivity contribution in [1.82, 2.24) is 5.32 Å². The number of primary amides is 1. The van der Waals surface area contributed by atoms with Crippen molar-refractivity contribution in [1.29, 1.82) is 0 Å². The Morgan fingerprint density at radius 3 is 2.21 bits per heavy atom. The van der Waals surface area contributed by atoms with Crippen LogP contribution in [0.3, 0.4) is 0 Å². The van der Waals surface area contributed by atoms with Crippen LogP contribution in [0.2, 0.25) is 0 Å². The number of rotatable bonds is 6. The van der Waals surface area contributed by atoms with Gasteiger partial charge in [0.25, 0.3) is 0 Å². The van der Waals surface area contributed by atoms with Crippen LogP contribution in [0.25, 0.3) is 0 Å². The van der Waals surface area contributed by atoms with Gasteiger partial charge in [0.15, 0.2) is 0 Å². The molecule has 1 amide bonds. The lowest BCUT2D eigenvalue weighted by molar-refractivity contribution is -0.141. The number of hydrogen-bond acceptors (Lipinski definition) is 4. The van der Waals surface area contributed by atoms with E-state index in [1.807, 2.05) is 5.32 Å². The van der Waals surface area contributed by atoms with Crippen LogP contribution < -0.4 is 11.1 Å². The van der Waals surface area contributed by atoms with Crippen molar-refractivity contribution in [2.24, 2.45) is 5.73 Å². The molecule has 0 aromatic rings. The van der Waals surface area contributed by atoms with Crippen molar-refractivity contribution in [3.8, 4) is 0 Å². The van der Waals surface area contributed by atoms with Crippen molar-refractivity contribution in [3.63, 3.8) is 0 Å². The number of nitrogens with one attached hydrogen (secondary N) is 1. The third-order valence-corrected chi connectivity index (χ3v) is 1.84. The zero-order valence-electron chi connectivity index (χ0n) is 7.08. The first-order valence-corrected chi connectivity index (χ1v) is 5.31. The zero-order valence-corrected chi connectivity index (χ0v) is 7.98. The van der Waals surface area contributed by atoms with Gasteiger partial charge in [-0.05, 0) is 0 Å². The van der Waals surface area contributed by atoms with E-state index in [0.29, 0.717) is 0 Å². The fourth-order valence-electron chi connectivity index (χ4n) is 0.677. The van der Waals surface area contributed by atoms with E-state index in [2.05, 4.69) is 0 Å². The summed E-state index contributed by atoms with van der Waals surface area (Å²) in [5, 5.41) is 10.5. The Hall–Kier alpha value is -0.950. The molecule has 0 rings (SSSR count). The van der Waals surface area contributed by atoms with E-state index in [4.69, 9.17) is 20.6 Å². The summed E-state index contributed by atoms with van der Waals surface area (Å²) < 4.78 is 10.4. The molecule has 9 heteroatoms. The average molecular weight is 226 g/mol. The van der Waals surface area contributed by atoms with Crippen LogP contribution >= 0.6 is 7.60 Å². The minimum atomic E-state index is -4.33. The molecule has 0 heterocycles. The largest absolute Gasteiger partial charge is 0.480 e. The summed E-state index contributed by atoms with van der Waals surface area (Å²) in [6.07, 6.45) is -1.33. The lowest BCUT2D eigenvalue weighted by Crippen LogP contribution is -2.40. The van der Waals surface area contributed by atoms with Gasteiger partial charge in [-0.2, -0.15) is 0 Å². The van der Waals surface area contributed by atoms with E-state index in [-0.39, 0.29) is 0 Å². The number of amides is 1. The first kappa shape index (κ1) is 13.1. The molecule has 0 radical (unpaired) electrons. The molecule has 0 aliphatic carbocycles. The molecule has 0 spiro atoms. The lowest BCUT2D eigenvalue weighted by Gasteiger charge is -2.12. The molecule has 6 N–H and O–H groups in total. The standard InChI is InChI=1S/C5H11N2O6P/c6-4(8)1-3(5(9)10)7-2-14(11,12)13/h3,7H,1-2H2,(H2,6,8)(H,9,10)(H2,11,12,13). The van der Waals surface area contributed by atoms with Gasteiger partial charge in [-0.3, -0.25) is 19.5 Å². The Morgan fingerprint density at radius 1 is 1.43 bits per heavy atom. The fraction of sp³-hybridized carbons (Fsp3) is 0.600. The second kappa shape index (κ2) is 5.06. The fourth-order valence-corrected chi connectivity index (χ4v) is 1.14. The van der Waals surface area contributed by atoms with Gasteiger partial charge in [-0.25, -0.2) is 0 Å². The molecule has 0 aliphatic heterocycles. The molecule has 14 heavy (non-hydrogen) atoms. The molecule has 0 aromatic carbocycles. The van der Waals surface area contributed by atoms with Crippen molar-refractivity contribution < 1.29 is 29.0 Å².